The van der Waals surface area contributed by atoms with E-state index in [4.69, 9.17) is 10.5 Å². The van der Waals surface area contributed by atoms with Crippen LogP contribution in [0.25, 0.3) is 0 Å². The summed E-state index contributed by atoms with van der Waals surface area (Å²) >= 11 is 1.57. The van der Waals surface area contributed by atoms with Crippen LogP contribution >= 0.6 is 11.3 Å². The van der Waals surface area contributed by atoms with Crippen LogP contribution in [-0.2, 0) is 4.74 Å². The Balaban J connectivity index is 1.82. The summed E-state index contributed by atoms with van der Waals surface area (Å²) in [5.74, 6) is -0.310. The van der Waals surface area contributed by atoms with Gasteiger partial charge in [0, 0.05) is 24.4 Å². The maximum atomic E-state index is 12.7. The summed E-state index contributed by atoms with van der Waals surface area (Å²) in [4.78, 5) is 24.7. The van der Waals surface area contributed by atoms with Crippen LogP contribution in [0.3, 0.4) is 0 Å². The van der Waals surface area contributed by atoms with Gasteiger partial charge in [-0.25, -0.2) is 0 Å². The molecule has 1 unspecified atom stereocenters. The number of hydrogen-bond acceptors (Lipinski definition) is 6. The first-order valence-electron chi connectivity index (χ1n) is 7.03. The van der Waals surface area contributed by atoms with Crippen LogP contribution in [-0.4, -0.2) is 35.4 Å². The van der Waals surface area contributed by atoms with Gasteiger partial charge in [0.05, 0.1) is 23.6 Å². The maximum absolute atomic E-state index is 12.7. The second kappa shape index (κ2) is 6.35. The maximum Gasteiger partial charge on any atom is 0.270 e. The number of hydrogen-bond donors (Lipinski definition) is 1. The summed E-state index contributed by atoms with van der Waals surface area (Å²) < 4.78 is 5.70. The summed E-state index contributed by atoms with van der Waals surface area (Å²) in [5, 5.41) is 14.8. The van der Waals surface area contributed by atoms with E-state index in [9.17, 15) is 14.9 Å². The molecule has 7 nitrogen and oxygen atoms in total. The number of nitro groups is 1. The standard InChI is InChI=1S/C15H15N3O4S/c16-13-2-1-11(18(20)21)7-12(13)15(19)17-4-5-22-14(8-17)10-3-6-23-9-10/h1-3,6-7,9,14H,4-5,8,16H2. The number of amides is 1. The molecule has 2 aromatic rings. The van der Waals surface area contributed by atoms with Gasteiger partial charge in [-0.15, -0.1) is 0 Å². The van der Waals surface area contributed by atoms with Gasteiger partial charge in [0.2, 0.25) is 0 Å². The van der Waals surface area contributed by atoms with Crippen LogP contribution in [0.5, 0.6) is 0 Å². The van der Waals surface area contributed by atoms with Crippen LogP contribution in [0.2, 0.25) is 0 Å². The van der Waals surface area contributed by atoms with E-state index in [1.165, 1.54) is 18.2 Å². The number of nitrogen functional groups attached to an aromatic ring is 1. The Morgan fingerprint density at radius 3 is 2.96 bits per heavy atom. The van der Waals surface area contributed by atoms with Crippen LogP contribution in [0.4, 0.5) is 11.4 Å². The lowest BCUT2D eigenvalue weighted by atomic mass is 10.1. The van der Waals surface area contributed by atoms with Crippen molar-refractivity contribution < 1.29 is 14.5 Å². The average molecular weight is 333 g/mol. The van der Waals surface area contributed by atoms with E-state index >= 15 is 0 Å². The van der Waals surface area contributed by atoms with Crippen LogP contribution in [0.1, 0.15) is 22.0 Å². The molecule has 1 aromatic carbocycles. The molecule has 0 spiro atoms. The smallest absolute Gasteiger partial charge is 0.270 e. The van der Waals surface area contributed by atoms with E-state index in [2.05, 4.69) is 0 Å². The summed E-state index contributed by atoms with van der Waals surface area (Å²) in [6, 6.07) is 5.87. The molecule has 0 saturated carbocycles. The van der Waals surface area contributed by atoms with Crippen molar-refractivity contribution in [2.45, 2.75) is 6.10 Å². The number of rotatable bonds is 3. The summed E-state index contributed by atoms with van der Waals surface area (Å²) in [6.07, 6.45) is -0.182. The fourth-order valence-electron chi connectivity index (χ4n) is 2.51. The second-order valence-electron chi connectivity index (χ2n) is 5.20. The molecular formula is C15H15N3O4S. The molecule has 3 rings (SSSR count). The SMILES string of the molecule is Nc1ccc([N+](=O)[O-])cc1C(=O)N1CCOC(c2ccsc2)C1. The normalized spacial score (nSPS) is 17.9. The van der Waals surface area contributed by atoms with E-state index in [0.717, 1.165) is 5.56 Å². The first kappa shape index (κ1) is 15.4. The van der Waals surface area contributed by atoms with Crippen molar-refractivity contribution in [1.82, 2.24) is 4.90 Å². The van der Waals surface area contributed by atoms with Crippen molar-refractivity contribution in [2.75, 3.05) is 25.4 Å². The van der Waals surface area contributed by atoms with E-state index in [1.54, 1.807) is 16.2 Å². The molecule has 0 bridgehead atoms. The topological polar surface area (TPSA) is 98.7 Å². The second-order valence-corrected chi connectivity index (χ2v) is 5.98. The molecule has 2 N–H and O–H groups in total. The lowest BCUT2D eigenvalue weighted by molar-refractivity contribution is -0.384. The highest BCUT2D eigenvalue weighted by atomic mass is 32.1. The number of non-ortho nitro benzene ring substituents is 1. The van der Waals surface area contributed by atoms with Gasteiger partial charge in [0.1, 0.15) is 6.10 Å². The zero-order valence-corrected chi connectivity index (χ0v) is 13.0. The third-order valence-electron chi connectivity index (χ3n) is 3.75. The zero-order chi connectivity index (χ0) is 16.4. The van der Waals surface area contributed by atoms with E-state index in [-0.39, 0.29) is 28.9 Å². The molecule has 0 aliphatic carbocycles. The number of carbonyl (C=O) groups is 1. The Morgan fingerprint density at radius 2 is 2.26 bits per heavy atom. The number of anilines is 1. The number of carbonyl (C=O) groups excluding carboxylic acids is 1. The predicted octanol–water partition coefficient (Wildman–Crippen LogP) is 2.45. The molecule has 2 heterocycles. The van der Waals surface area contributed by atoms with Crippen LogP contribution in [0, 0.1) is 10.1 Å². The van der Waals surface area contributed by atoms with Crippen molar-refractivity contribution in [3.8, 4) is 0 Å². The van der Waals surface area contributed by atoms with E-state index < -0.39 is 4.92 Å². The molecule has 1 fully saturated rings. The van der Waals surface area contributed by atoms with Gasteiger partial charge in [-0.05, 0) is 28.5 Å². The Bertz CT molecular complexity index is 732. The third kappa shape index (κ3) is 3.17. The third-order valence-corrected chi connectivity index (χ3v) is 4.45. The predicted molar refractivity (Wildman–Crippen MR) is 86.4 cm³/mol. The minimum absolute atomic E-state index is 0.148. The molecule has 120 valence electrons. The number of nitrogens with zero attached hydrogens (tertiary/aromatic N) is 2. The Hall–Kier alpha value is -2.45. The van der Waals surface area contributed by atoms with Gasteiger partial charge >= 0.3 is 0 Å². The van der Waals surface area contributed by atoms with Crippen molar-refractivity contribution in [3.05, 3.63) is 56.3 Å². The van der Waals surface area contributed by atoms with Crippen molar-refractivity contribution in [2.24, 2.45) is 0 Å². The molecule has 1 aliphatic rings. The molecule has 1 aromatic heterocycles. The van der Waals surface area contributed by atoms with Crippen molar-refractivity contribution in [1.29, 1.82) is 0 Å². The monoisotopic (exact) mass is 333 g/mol. The molecule has 1 amide bonds. The van der Waals surface area contributed by atoms with Gasteiger partial charge in [0.25, 0.3) is 11.6 Å². The van der Waals surface area contributed by atoms with Crippen LogP contribution in [0.15, 0.2) is 35.0 Å². The van der Waals surface area contributed by atoms with Gasteiger partial charge in [0.15, 0.2) is 0 Å². The number of benzene rings is 1. The Labute approximate surface area is 136 Å². The van der Waals surface area contributed by atoms with E-state index in [1.807, 2.05) is 16.8 Å². The number of morpholine rings is 1. The highest BCUT2D eigenvalue weighted by Gasteiger charge is 2.28. The Kier molecular flexibility index (Phi) is 4.26. The molecule has 8 heteroatoms. The quantitative estimate of drug-likeness (QED) is 0.528. The van der Waals surface area contributed by atoms with E-state index in [0.29, 0.717) is 19.7 Å². The molecule has 1 saturated heterocycles. The lowest BCUT2D eigenvalue weighted by Crippen LogP contribution is -2.42. The fraction of sp³-hybridized carbons (Fsp3) is 0.267. The zero-order valence-electron chi connectivity index (χ0n) is 12.2. The molecule has 1 aliphatic heterocycles. The van der Waals surface area contributed by atoms with Crippen LogP contribution < -0.4 is 5.73 Å². The first-order chi connectivity index (χ1) is 11.1. The van der Waals surface area contributed by atoms with Crippen molar-refractivity contribution in [3.63, 3.8) is 0 Å². The number of nitrogens with two attached hydrogens (primary N) is 1. The summed E-state index contributed by atoms with van der Waals surface area (Å²) in [6.45, 7) is 1.25. The molecule has 0 radical (unpaired) electrons. The molecular weight excluding hydrogens is 318 g/mol. The fourth-order valence-corrected chi connectivity index (χ4v) is 3.21. The van der Waals surface area contributed by atoms with Gasteiger partial charge in [-0.2, -0.15) is 11.3 Å². The Morgan fingerprint density at radius 1 is 1.43 bits per heavy atom. The molecule has 1 atom stereocenters. The summed E-state index contributed by atoms with van der Waals surface area (Å²) in [7, 11) is 0. The molecule has 23 heavy (non-hydrogen) atoms. The lowest BCUT2D eigenvalue weighted by Gasteiger charge is -2.33. The minimum atomic E-state index is -0.538. The highest BCUT2D eigenvalue weighted by Crippen LogP contribution is 2.27. The highest BCUT2D eigenvalue weighted by molar-refractivity contribution is 7.07. The first-order valence-corrected chi connectivity index (χ1v) is 7.97. The average Bonchev–Trinajstić information content (AvgIpc) is 3.09. The van der Waals surface area contributed by atoms with Crippen molar-refractivity contribution >= 4 is 28.6 Å². The van der Waals surface area contributed by atoms with Gasteiger partial charge in [-0.1, -0.05) is 0 Å². The number of nitro benzene ring substituents is 1. The summed E-state index contributed by atoms with van der Waals surface area (Å²) in [5.41, 5.74) is 7.10. The van der Waals surface area contributed by atoms with Gasteiger partial charge < -0.3 is 15.4 Å². The van der Waals surface area contributed by atoms with Gasteiger partial charge in [-0.3, -0.25) is 14.9 Å². The number of ether oxygens (including phenoxy) is 1. The largest absolute Gasteiger partial charge is 0.398 e. The minimum Gasteiger partial charge on any atom is -0.398 e. The number of thiophene rings is 1.